The van der Waals surface area contributed by atoms with Gasteiger partial charge in [0.2, 0.25) is 10.0 Å². The van der Waals surface area contributed by atoms with E-state index in [2.05, 4.69) is 9.62 Å². The van der Waals surface area contributed by atoms with Crippen molar-refractivity contribution in [3.05, 3.63) is 34.4 Å². The highest BCUT2D eigenvalue weighted by molar-refractivity contribution is 7.89. The highest BCUT2D eigenvalue weighted by Gasteiger charge is 2.29. The third-order valence-corrected chi connectivity index (χ3v) is 5.59. The summed E-state index contributed by atoms with van der Waals surface area (Å²) >= 11 is 0. The van der Waals surface area contributed by atoms with Crippen molar-refractivity contribution in [1.82, 2.24) is 9.62 Å². The Bertz CT molecular complexity index is 671. The van der Waals surface area contributed by atoms with Gasteiger partial charge in [-0.05, 0) is 12.0 Å². The lowest BCUT2D eigenvalue weighted by atomic mass is 10.0. The Morgan fingerprint density at radius 3 is 2.50 bits per heavy atom. The van der Waals surface area contributed by atoms with Crippen molar-refractivity contribution in [1.29, 1.82) is 0 Å². The number of nitrogens with one attached hydrogen (secondary N) is 1. The van der Waals surface area contributed by atoms with E-state index in [9.17, 15) is 18.5 Å². The summed E-state index contributed by atoms with van der Waals surface area (Å²) in [6, 6.07) is 5.37. The molecule has 0 aliphatic carbocycles. The maximum absolute atomic E-state index is 12.5. The normalized spacial score (nSPS) is 17.8. The highest BCUT2D eigenvalue weighted by atomic mass is 32.2. The summed E-state index contributed by atoms with van der Waals surface area (Å²) in [4.78, 5) is 12.3. The van der Waals surface area contributed by atoms with E-state index in [4.69, 9.17) is 4.74 Å². The lowest BCUT2D eigenvalue weighted by Crippen LogP contribution is -2.51. The second-order valence-corrected chi connectivity index (χ2v) is 7.77. The van der Waals surface area contributed by atoms with Crippen LogP contribution in [0.5, 0.6) is 0 Å². The van der Waals surface area contributed by atoms with Crippen molar-refractivity contribution < 1.29 is 18.1 Å². The molecule has 0 bridgehead atoms. The van der Waals surface area contributed by atoms with Crippen LogP contribution in [-0.2, 0) is 14.8 Å². The third kappa shape index (κ3) is 4.50. The van der Waals surface area contributed by atoms with Crippen LogP contribution in [0.3, 0.4) is 0 Å². The number of nitrogens with zero attached hydrogens (tertiary/aromatic N) is 2. The van der Waals surface area contributed by atoms with Gasteiger partial charge in [0.25, 0.3) is 5.69 Å². The summed E-state index contributed by atoms with van der Waals surface area (Å²) in [6.07, 6.45) is 0. The Hall–Kier alpha value is -1.55. The van der Waals surface area contributed by atoms with Crippen LogP contribution in [0.1, 0.15) is 13.8 Å². The molecule has 1 unspecified atom stereocenters. The van der Waals surface area contributed by atoms with Gasteiger partial charge >= 0.3 is 0 Å². The van der Waals surface area contributed by atoms with Crippen molar-refractivity contribution in [2.75, 3.05) is 32.8 Å². The fourth-order valence-electron chi connectivity index (χ4n) is 2.80. The minimum absolute atomic E-state index is 0.00597. The summed E-state index contributed by atoms with van der Waals surface area (Å²) in [7, 11) is -3.95. The second-order valence-electron chi connectivity index (χ2n) is 6.04. The molecule has 1 aliphatic rings. The minimum atomic E-state index is -3.95. The number of ether oxygens (including phenoxy) is 1. The van der Waals surface area contributed by atoms with Gasteiger partial charge in [-0.15, -0.1) is 0 Å². The van der Waals surface area contributed by atoms with E-state index >= 15 is 0 Å². The molecule has 1 heterocycles. The molecular formula is C15H23N3O5S. The molecule has 0 radical (unpaired) electrons. The first-order chi connectivity index (χ1) is 11.3. The number of benzene rings is 1. The van der Waals surface area contributed by atoms with E-state index in [-0.39, 0.29) is 23.4 Å². The largest absolute Gasteiger partial charge is 0.379 e. The summed E-state index contributed by atoms with van der Waals surface area (Å²) in [5.41, 5.74) is -0.419. The predicted molar refractivity (Wildman–Crippen MR) is 89.3 cm³/mol. The minimum Gasteiger partial charge on any atom is -0.379 e. The highest BCUT2D eigenvalue weighted by Crippen LogP contribution is 2.23. The van der Waals surface area contributed by atoms with E-state index in [1.807, 2.05) is 13.8 Å². The Morgan fingerprint density at radius 1 is 1.29 bits per heavy atom. The van der Waals surface area contributed by atoms with E-state index < -0.39 is 20.6 Å². The smallest absolute Gasteiger partial charge is 0.289 e. The third-order valence-electron chi connectivity index (χ3n) is 4.12. The molecule has 134 valence electrons. The molecule has 1 aromatic carbocycles. The molecule has 0 spiro atoms. The first kappa shape index (κ1) is 18.8. The van der Waals surface area contributed by atoms with Crippen molar-refractivity contribution in [3.63, 3.8) is 0 Å². The Morgan fingerprint density at radius 2 is 1.92 bits per heavy atom. The van der Waals surface area contributed by atoms with E-state index in [1.165, 1.54) is 24.3 Å². The number of rotatable bonds is 7. The Balaban J connectivity index is 2.15. The topological polar surface area (TPSA) is 102 Å². The van der Waals surface area contributed by atoms with E-state index in [0.29, 0.717) is 13.2 Å². The molecule has 9 heteroatoms. The van der Waals surface area contributed by atoms with Crippen LogP contribution in [0.15, 0.2) is 29.2 Å². The summed E-state index contributed by atoms with van der Waals surface area (Å²) in [6.45, 7) is 7.00. The van der Waals surface area contributed by atoms with Crippen LogP contribution < -0.4 is 4.72 Å². The monoisotopic (exact) mass is 357 g/mol. The van der Waals surface area contributed by atoms with Crippen molar-refractivity contribution in [2.45, 2.75) is 24.8 Å². The number of para-hydroxylation sites is 1. The van der Waals surface area contributed by atoms with Gasteiger partial charge in [-0.25, -0.2) is 13.1 Å². The van der Waals surface area contributed by atoms with Crippen LogP contribution in [0, 0.1) is 16.0 Å². The quantitative estimate of drug-likeness (QED) is 0.582. The number of nitro benzene ring substituents is 1. The average molecular weight is 357 g/mol. The fraction of sp³-hybridized carbons (Fsp3) is 0.600. The fourth-order valence-corrected chi connectivity index (χ4v) is 4.02. The predicted octanol–water partition coefficient (Wildman–Crippen LogP) is 1.23. The number of nitro groups is 1. The van der Waals surface area contributed by atoms with Gasteiger partial charge in [0.1, 0.15) is 0 Å². The lowest BCUT2D eigenvalue weighted by molar-refractivity contribution is -0.387. The van der Waals surface area contributed by atoms with Crippen molar-refractivity contribution in [2.24, 2.45) is 5.92 Å². The zero-order valence-corrected chi connectivity index (χ0v) is 14.7. The molecule has 1 aromatic rings. The molecule has 24 heavy (non-hydrogen) atoms. The molecule has 1 atom stereocenters. The summed E-state index contributed by atoms with van der Waals surface area (Å²) < 4.78 is 32.9. The maximum Gasteiger partial charge on any atom is 0.289 e. The zero-order chi connectivity index (χ0) is 17.7. The maximum atomic E-state index is 12.5. The number of hydrogen-bond acceptors (Lipinski definition) is 6. The second kappa shape index (κ2) is 8.02. The average Bonchev–Trinajstić information content (AvgIpc) is 2.55. The zero-order valence-electron chi connectivity index (χ0n) is 13.8. The standard InChI is InChI=1S/C15H23N3O5S/c1-12(2)14(17-7-9-23-10-8-17)11-16-24(21,22)15-6-4-3-5-13(15)18(19)20/h3-6,12,14,16H,7-11H2,1-2H3. The van der Waals surface area contributed by atoms with Crippen LogP contribution >= 0.6 is 0 Å². The molecule has 1 aliphatic heterocycles. The van der Waals surface area contributed by atoms with Crippen LogP contribution in [0.4, 0.5) is 5.69 Å². The molecule has 0 saturated carbocycles. The molecule has 1 N–H and O–H groups in total. The molecule has 0 aromatic heterocycles. The molecule has 1 saturated heterocycles. The summed E-state index contributed by atoms with van der Waals surface area (Å²) in [5.74, 6) is 0.233. The van der Waals surface area contributed by atoms with Gasteiger partial charge in [-0.3, -0.25) is 15.0 Å². The number of morpholine rings is 1. The molecule has 8 nitrogen and oxygen atoms in total. The lowest BCUT2D eigenvalue weighted by Gasteiger charge is -2.36. The first-order valence-electron chi connectivity index (χ1n) is 7.88. The van der Waals surface area contributed by atoms with Gasteiger partial charge in [-0.2, -0.15) is 0 Å². The van der Waals surface area contributed by atoms with Gasteiger partial charge < -0.3 is 4.74 Å². The van der Waals surface area contributed by atoms with Gasteiger partial charge in [0.15, 0.2) is 4.90 Å². The van der Waals surface area contributed by atoms with Crippen molar-refractivity contribution in [3.8, 4) is 0 Å². The van der Waals surface area contributed by atoms with Crippen LogP contribution in [-0.4, -0.2) is 57.1 Å². The Kier molecular flexibility index (Phi) is 6.27. The number of hydrogen-bond donors (Lipinski definition) is 1. The van der Waals surface area contributed by atoms with E-state index in [0.717, 1.165) is 13.1 Å². The van der Waals surface area contributed by atoms with Gasteiger partial charge in [0, 0.05) is 31.7 Å². The molecular weight excluding hydrogens is 334 g/mol. The molecule has 1 fully saturated rings. The number of sulfonamides is 1. The summed E-state index contributed by atoms with van der Waals surface area (Å²) in [5, 5.41) is 11.1. The molecule has 0 amide bonds. The first-order valence-corrected chi connectivity index (χ1v) is 9.36. The Labute approximate surface area is 142 Å². The van der Waals surface area contributed by atoms with Crippen LogP contribution in [0.2, 0.25) is 0 Å². The van der Waals surface area contributed by atoms with Crippen molar-refractivity contribution >= 4 is 15.7 Å². The van der Waals surface area contributed by atoms with E-state index in [1.54, 1.807) is 0 Å². The SMILES string of the molecule is CC(C)C(CNS(=O)(=O)c1ccccc1[N+](=O)[O-])N1CCOCC1. The van der Waals surface area contributed by atoms with Gasteiger partial charge in [-0.1, -0.05) is 26.0 Å². The van der Waals surface area contributed by atoms with Gasteiger partial charge in [0.05, 0.1) is 18.1 Å². The van der Waals surface area contributed by atoms with Crippen LogP contribution in [0.25, 0.3) is 0 Å². The molecule has 2 rings (SSSR count).